The van der Waals surface area contributed by atoms with Crippen LogP contribution in [0.1, 0.15) is 57.8 Å². The molecule has 0 heterocycles. The molecule has 2 fully saturated rings. The first-order chi connectivity index (χ1) is 9.07. The molecule has 2 saturated carbocycles. The Bertz CT molecular complexity index is 315. The van der Waals surface area contributed by atoms with E-state index >= 15 is 0 Å². The molecule has 19 heavy (non-hydrogen) atoms. The molecule has 2 atom stereocenters. The second kappa shape index (κ2) is 6.23. The van der Waals surface area contributed by atoms with Gasteiger partial charge in [0.15, 0.2) is 0 Å². The van der Waals surface area contributed by atoms with Gasteiger partial charge in [-0.1, -0.05) is 19.3 Å². The summed E-state index contributed by atoms with van der Waals surface area (Å²) < 4.78 is 4.88. The first-order valence-corrected chi connectivity index (χ1v) is 7.66. The van der Waals surface area contributed by atoms with E-state index in [1.807, 2.05) is 0 Å². The largest absolute Gasteiger partial charge is 0.468 e. The maximum atomic E-state index is 11.9. The lowest BCUT2D eigenvalue weighted by Crippen LogP contribution is -2.57. The number of hydrogen-bond donors (Lipinski definition) is 1. The van der Waals surface area contributed by atoms with Gasteiger partial charge in [-0.3, -0.25) is 4.79 Å². The number of hydrogen-bond acceptors (Lipinski definition) is 4. The number of esters is 1. The van der Waals surface area contributed by atoms with Gasteiger partial charge in [0, 0.05) is 12.1 Å². The smallest absolute Gasteiger partial charge is 0.325 e. The van der Waals surface area contributed by atoms with Crippen LogP contribution in [-0.4, -0.2) is 42.6 Å². The third kappa shape index (κ3) is 3.29. The highest BCUT2D eigenvalue weighted by Crippen LogP contribution is 2.33. The van der Waals surface area contributed by atoms with Crippen molar-refractivity contribution < 1.29 is 9.53 Å². The molecule has 2 rings (SSSR count). The van der Waals surface area contributed by atoms with Crippen molar-refractivity contribution in [3.8, 4) is 0 Å². The zero-order valence-corrected chi connectivity index (χ0v) is 12.4. The summed E-state index contributed by atoms with van der Waals surface area (Å²) in [5.41, 5.74) is 5.51. The SMILES string of the molecule is COC(=O)C1(N)CCCC(N(C)C2CCCCC2)C1. The fourth-order valence-electron chi connectivity index (χ4n) is 3.80. The Balaban J connectivity index is 1.98. The molecule has 2 aliphatic carbocycles. The highest BCUT2D eigenvalue weighted by Gasteiger charge is 2.42. The molecule has 0 aromatic carbocycles. The van der Waals surface area contributed by atoms with Crippen molar-refractivity contribution in [1.29, 1.82) is 0 Å². The van der Waals surface area contributed by atoms with Gasteiger partial charge in [-0.25, -0.2) is 0 Å². The average molecular weight is 268 g/mol. The van der Waals surface area contributed by atoms with Gasteiger partial charge in [-0.15, -0.1) is 0 Å². The molecular formula is C15H28N2O2. The summed E-state index contributed by atoms with van der Waals surface area (Å²) >= 11 is 0. The Kier molecular flexibility index (Phi) is 4.85. The van der Waals surface area contributed by atoms with E-state index in [9.17, 15) is 4.79 Å². The Hall–Kier alpha value is -0.610. The second-order valence-electron chi connectivity index (χ2n) is 6.36. The van der Waals surface area contributed by atoms with E-state index in [0.29, 0.717) is 12.1 Å². The van der Waals surface area contributed by atoms with Crippen LogP contribution in [-0.2, 0) is 9.53 Å². The van der Waals surface area contributed by atoms with Crippen molar-refractivity contribution in [1.82, 2.24) is 4.90 Å². The van der Waals surface area contributed by atoms with Gasteiger partial charge < -0.3 is 15.4 Å². The zero-order chi connectivity index (χ0) is 13.9. The highest BCUT2D eigenvalue weighted by atomic mass is 16.5. The van der Waals surface area contributed by atoms with Gasteiger partial charge in [-0.2, -0.15) is 0 Å². The molecule has 0 saturated heterocycles. The van der Waals surface area contributed by atoms with Gasteiger partial charge in [0.05, 0.1) is 7.11 Å². The number of rotatable bonds is 3. The van der Waals surface area contributed by atoms with Crippen LogP contribution in [0.3, 0.4) is 0 Å². The molecule has 2 N–H and O–H groups in total. The minimum absolute atomic E-state index is 0.241. The summed E-state index contributed by atoms with van der Waals surface area (Å²) in [5, 5.41) is 0. The van der Waals surface area contributed by atoms with Gasteiger partial charge in [0.25, 0.3) is 0 Å². The fraction of sp³-hybridized carbons (Fsp3) is 0.933. The molecule has 0 radical (unpaired) electrons. The third-order valence-electron chi connectivity index (χ3n) is 5.08. The molecule has 4 nitrogen and oxygen atoms in total. The summed E-state index contributed by atoms with van der Waals surface area (Å²) in [4.78, 5) is 14.4. The zero-order valence-electron chi connectivity index (χ0n) is 12.4. The molecule has 0 amide bonds. The Morgan fingerprint density at radius 2 is 1.79 bits per heavy atom. The normalized spacial score (nSPS) is 33.4. The first-order valence-electron chi connectivity index (χ1n) is 7.66. The van der Waals surface area contributed by atoms with Crippen LogP contribution < -0.4 is 5.73 Å². The monoisotopic (exact) mass is 268 g/mol. The summed E-state index contributed by atoms with van der Waals surface area (Å²) in [6.07, 6.45) is 10.3. The number of nitrogens with two attached hydrogens (primary N) is 1. The van der Waals surface area contributed by atoms with Crippen molar-refractivity contribution in [2.45, 2.75) is 75.4 Å². The van der Waals surface area contributed by atoms with Crippen molar-refractivity contribution in [2.24, 2.45) is 5.73 Å². The number of methoxy groups -OCH3 is 1. The molecule has 0 aromatic rings. The molecule has 0 aromatic heterocycles. The molecule has 0 aliphatic heterocycles. The lowest BCUT2D eigenvalue weighted by Gasteiger charge is -2.43. The molecular weight excluding hydrogens is 240 g/mol. The molecule has 0 spiro atoms. The van der Waals surface area contributed by atoms with E-state index in [4.69, 9.17) is 10.5 Å². The molecule has 4 heteroatoms. The molecule has 2 aliphatic rings. The Morgan fingerprint density at radius 1 is 1.16 bits per heavy atom. The topological polar surface area (TPSA) is 55.6 Å². The van der Waals surface area contributed by atoms with Crippen LogP contribution in [0.2, 0.25) is 0 Å². The Morgan fingerprint density at radius 3 is 2.42 bits per heavy atom. The first kappa shape index (κ1) is 14.8. The summed E-state index contributed by atoms with van der Waals surface area (Å²) in [6, 6.07) is 1.11. The summed E-state index contributed by atoms with van der Waals surface area (Å²) in [7, 11) is 3.65. The van der Waals surface area contributed by atoms with E-state index < -0.39 is 5.54 Å². The predicted octanol–water partition coefficient (Wildman–Crippen LogP) is 2.06. The van der Waals surface area contributed by atoms with Gasteiger partial charge >= 0.3 is 5.97 Å². The van der Waals surface area contributed by atoms with Gasteiger partial charge in [-0.05, 0) is 45.6 Å². The quantitative estimate of drug-likeness (QED) is 0.796. The maximum Gasteiger partial charge on any atom is 0.325 e. The van der Waals surface area contributed by atoms with Crippen LogP contribution in [0.25, 0.3) is 0 Å². The molecule has 0 bridgehead atoms. The minimum atomic E-state index is -0.763. The standard InChI is InChI=1S/C15H28N2O2/c1-17(12-7-4-3-5-8-12)13-9-6-10-15(16,11-13)14(18)19-2/h12-13H,3-11,16H2,1-2H3. The van der Waals surface area contributed by atoms with Crippen LogP contribution in [0, 0.1) is 0 Å². The van der Waals surface area contributed by atoms with E-state index in [1.165, 1.54) is 39.2 Å². The van der Waals surface area contributed by atoms with Crippen LogP contribution in [0.5, 0.6) is 0 Å². The van der Waals surface area contributed by atoms with Crippen LogP contribution in [0.4, 0.5) is 0 Å². The number of nitrogens with zero attached hydrogens (tertiary/aromatic N) is 1. The minimum Gasteiger partial charge on any atom is -0.468 e. The van der Waals surface area contributed by atoms with E-state index in [2.05, 4.69) is 11.9 Å². The second-order valence-corrected chi connectivity index (χ2v) is 6.36. The fourth-order valence-corrected chi connectivity index (χ4v) is 3.80. The number of carbonyl (C=O) groups is 1. The molecule has 110 valence electrons. The van der Waals surface area contributed by atoms with E-state index in [1.54, 1.807) is 0 Å². The predicted molar refractivity (Wildman–Crippen MR) is 75.8 cm³/mol. The van der Waals surface area contributed by atoms with Gasteiger partial charge in [0.1, 0.15) is 5.54 Å². The summed E-state index contributed by atoms with van der Waals surface area (Å²) in [6.45, 7) is 0. The van der Waals surface area contributed by atoms with E-state index in [0.717, 1.165) is 25.7 Å². The highest BCUT2D eigenvalue weighted by molar-refractivity contribution is 5.80. The van der Waals surface area contributed by atoms with Gasteiger partial charge in [0.2, 0.25) is 0 Å². The lowest BCUT2D eigenvalue weighted by atomic mass is 9.78. The maximum absolute atomic E-state index is 11.9. The van der Waals surface area contributed by atoms with E-state index in [-0.39, 0.29) is 5.97 Å². The van der Waals surface area contributed by atoms with Crippen molar-refractivity contribution in [2.75, 3.05) is 14.2 Å². The number of ether oxygens (including phenoxy) is 1. The molecule has 2 unspecified atom stereocenters. The summed E-state index contributed by atoms with van der Waals surface area (Å²) in [5.74, 6) is -0.241. The lowest BCUT2D eigenvalue weighted by molar-refractivity contribution is -0.149. The van der Waals surface area contributed by atoms with Crippen LogP contribution >= 0.6 is 0 Å². The average Bonchev–Trinajstić information content (AvgIpc) is 2.46. The third-order valence-corrected chi connectivity index (χ3v) is 5.08. The van der Waals surface area contributed by atoms with Crippen LogP contribution in [0.15, 0.2) is 0 Å². The van der Waals surface area contributed by atoms with Crippen molar-refractivity contribution >= 4 is 5.97 Å². The van der Waals surface area contributed by atoms with Crippen molar-refractivity contribution in [3.63, 3.8) is 0 Å². The number of carbonyl (C=O) groups excluding carboxylic acids is 1. The van der Waals surface area contributed by atoms with Crippen molar-refractivity contribution in [3.05, 3.63) is 0 Å². The Labute approximate surface area is 116 Å².